The molecule has 0 saturated carbocycles. The Morgan fingerprint density at radius 2 is 2.05 bits per heavy atom. The maximum absolute atomic E-state index is 12.0. The highest BCUT2D eigenvalue weighted by atomic mass is 32.2. The van der Waals surface area contributed by atoms with Crippen molar-refractivity contribution < 1.29 is 13.2 Å². The van der Waals surface area contributed by atoms with Crippen LogP contribution in [0.3, 0.4) is 0 Å². The number of sulfone groups is 1. The van der Waals surface area contributed by atoms with E-state index < -0.39 is 15.9 Å². The maximum atomic E-state index is 12.0. The number of amides is 2. The van der Waals surface area contributed by atoms with Gasteiger partial charge in [0.15, 0.2) is 9.84 Å². The van der Waals surface area contributed by atoms with Gasteiger partial charge in [-0.05, 0) is 18.6 Å². The largest absolute Gasteiger partial charge is 0.334 e. The van der Waals surface area contributed by atoms with E-state index in [0.717, 1.165) is 5.39 Å². The van der Waals surface area contributed by atoms with E-state index in [0.29, 0.717) is 17.6 Å². The number of carbonyl (C=O) groups excluding carboxylic acids is 1. The summed E-state index contributed by atoms with van der Waals surface area (Å²) in [5.41, 5.74) is 1.31. The van der Waals surface area contributed by atoms with E-state index in [9.17, 15) is 13.2 Å². The molecule has 110 valence electrons. The van der Waals surface area contributed by atoms with Gasteiger partial charge in [-0.1, -0.05) is 18.2 Å². The monoisotopic (exact) mass is 305 g/mol. The highest BCUT2D eigenvalue weighted by molar-refractivity contribution is 7.91. The van der Waals surface area contributed by atoms with Gasteiger partial charge in [0.05, 0.1) is 22.7 Å². The van der Waals surface area contributed by atoms with Crippen LogP contribution < -0.4 is 10.6 Å². The highest BCUT2D eigenvalue weighted by Crippen LogP contribution is 2.20. The number of hydrogen-bond acceptors (Lipinski definition) is 4. The van der Waals surface area contributed by atoms with Crippen LogP contribution in [0.2, 0.25) is 0 Å². The summed E-state index contributed by atoms with van der Waals surface area (Å²) in [6.07, 6.45) is 2.12. The molecule has 0 bridgehead atoms. The summed E-state index contributed by atoms with van der Waals surface area (Å²) >= 11 is 0. The molecule has 1 unspecified atom stereocenters. The molecule has 1 aromatic heterocycles. The highest BCUT2D eigenvalue weighted by Gasteiger charge is 2.28. The summed E-state index contributed by atoms with van der Waals surface area (Å²) in [5.74, 6) is 0.141. The van der Waals surface area contributed by atoms with E-state index in [1.165, 1.54) is 0 Å². The van der Waals surface area contributed by atoms with E-state index >= 15 is 0 Å². The fourth-order valence-corrected chi connectivity index (χ4v) is 4.13. The molecule has 0 radical (unpaired) electrons. The Morgan fingerprint density at radius 3 is 2.81 bits per heavy atom. The first kappa shape index (κ1) is 13.8. The van der Waals surface area contributed by atoms with Crippen LogP contribution in [0.5, 0.6) is 0 Å². The Kier molecular flexibility index (Phi) is 3.50. The van der Waals surface area contributed by atoms with E-state index in [1.54, 1.807) is 12.3 Å². The van der Waals surface area contributed by atoms with Gasteiger partial charge >= 0.3 is 6.03 Å². The molecule has 1 saturated heterocycles. The summed E-state index contributed by atoms with van der Waals surface area (Å²) in [6, 6.07) is 8.52. The first-order valence-electron chi connectivity index (χ1n) is 6.65. The first-order valence-corrected chi connectivity index (χ1v) is 8.47. The van der Waals surface area contributed by atoms with Gasteiger partial charge in [0.25, 0.3) is 0 Å². The second kappa shape index (κ2) is 5.33. The average Bonchev–Trinajstić information content (AvgIpc) is 2.78. The number of pyridine rings is 1. The number of nitrogens with one attached hydrogen (secondary N) is 2. The standard InChI is InChI=1S/C14H15N3O3S/c18-14(16-11-6-8-21(19,20)9-11)17-12-5-1-3-10-4-2-7-15-13(10)12/h1-5,7,11H,6,8-9H2,(H2,16,17,18). The van der Waals surface area contributed by atoms with Crippen LogP contribution in [-0.2, 0) is 9.84 Å². The third kappa shape index (κ3) is 3.13. The van der Waals surface area contributed by atoms with Crippen molar-refractivity contribution in [3.63, 3.8) is 0 Å². The van der Waals surface area contributed by atoms with Gasteiger partial charge in [-0.25, -0.2) is 13.2 Å². The van der Waals surface area contributed by atoms with Crippen LogP contribution in [0.15, 0.2) is 36.5 Å². The molecule has 2 N–H and O–H groups in total. The minimum absolute atomic E-state index is 0.00814. The van der Waals surface area contributed by atoms with Gasteiger partial charge in [-0.2, -0.15) is 0 Å². The molecule has 7 heteroatoms. The van der Waals surface area contributed by atoms with Crippen molar-refractivity contribution >= 4 is 32.5 Å². The van der Waals surface area contributed by atoms with Gasteiger partial charge in [0.2, 0.25) is 0 Å². The predicted octanol–water partition coefficient (Wildman–Crippen LogP) is 1.54. The lowest BCUT2D eigenvalue weighted by Crippen LogP contribution is -2.38. The Morgan fingerprint density at radius 1 is 1.24 bits per heavy atom. The Hall–Kier alpha value is -2.15. The predicted molar refractivity (Wildman–Crippen MR) is 81.0 cm³/mol. The molecular weight excluding hydrogens is 290 g/mol. The van der Waals surface area contributed by atoms with Gasteiger partial charge < -0.3 is 10.6 Å². The zero-order valence-electron chi connectivity index (χ0n) is 11.2. The number of anilines is 1. The number of fused-ring (bicyclic) bond motifs is 1. The molecule has 21 heavy (non-hydrogen) atoms. The molecule has 1 aliphatic heterocycles. The molecule has 1 aliphatic rings. The van der Waals surface area contributed by atoms with E-state index in [-0.39, 0.29) is 17.5 Å². The number of nitrogens with zero attached hydrogens (tertiary/aromatic N) is 1. The maximum Gasteiger partial charge on any atom is 0.319 e. The van der Waals surface area contributed by atoms with Crippen LogP contribution in [0.25, 0.3) is 10.9 Å². The van der Waals surface area contributed by atoms with Crippen LogP contribution in [0.1, 0.15) is 6.42 Å². The smallest absolute Gasteiger partial charge is 0.319 e. The van der Waals surface area contributed by atoms with Crippen LogP contribution in [0.4, 0.5) is 10.5 Å². The van der Waals surface area contributed by atoms with Crippen molar-refractivity contribution in [2.45, 2.75) is 12.5 Å². The minimum Gasteiger partial charge on any atom is -0.334 e. The zero-order valence-corrected chi connectivity index (χ0v) is 12.1. The molecule has 3 rings (SSSR count). The van der Waals surface area contributed by atoms with Crippen molar-refractivity contribution in [3.8, 4) is 0 Å². The Bertz CT molecular complexity index is 784. The third-order valence-electron chi connectivity index (χ3n) is 3.45. The van der Waals surface area contributed by atoms with Crippen LogP contribution >= 0.6 is 0 Å². The number of rotatable bonds is 2. The van der Waals surface area contributed by atoms with Crippen molar-refractivity contribution in [1.29, 1.82) is 0 Å². The summed E-state index contributed by atoms with van der Waals surface area (Å²) in [7, 11) is -3.00. The number of para-hydroxylation sites is 1. The van der Waals surface area contributed by atoms with Crippen molar-refractivity contribution in [2.24, 2.45) is 0 Å². The molecule has 0 spiro atoms. The van der Waals surface area contributed by atoms with Gasteiger partial charge in [-0.15, -0.1) is 0 Å². The van der Waals surface area contributed by atoms with Gasteiger partial charge in [0.1, 0.15) is 0 Å². The van der Waals surface area contributed by atoms with Crippen molar-refractivity contribution in [2.75, 3.05) is 16.8 Å². The number of benzene rings is 1. The van der Waals surface area contributed by atoms with Gasteiger partial charge in [0, 0.05) is 17.6 Å². The Labute approximate surface area is 122 Å². The zero-order chi connectivity index (χ0) is 14.9. The normalized spacial score (nSPS) is 20.3. The minimum atomic E-state index is -3.00. The molecule has 1 aromatic carbocycles. The van der Waals surface area contributed by atoms with Gasteiger partial charge in [-0.3, -0.25) is 4.98 Å². The van der Waals surface area contributed by atoms with E-state index in [1.807, 2.05) is 24.3 Å². The lowest BCUT2D eigenvalue weighted by Gasteiger charge is -2.13. The summed E-state index contributed by atoms with van der Waals surface area (Å²) < 4.78 is 22.7. The second-order valence-corrected chi connectivity index (χ2v) is 7.31. The van der Waals surface area contributed by atoms with E-state index in [2.05, 4.69) is 15.6 Å². The fourth-order valence-electron chi connectivity index (χ4n) is 2.46. The molecular formula is C14H15N3O3S. The van der Waals surface area contributed by atoms with Crippen LogP contribution in [-0.4, -0.2) is 37.0 Å². The Balaban J connectivity index is 1.72. The second-order valence-electron chi connectivity index (χ2n) is 5.08. The number of aromatic nitrogens is 1. The average molecular weight is 305 g/mol. The van der Waals surface area contributed by atoms with E-state index in [4.69, 9.17) is 0 Å². The molecule has 1 fully saturated rings. The lowest BCUT2D eigenvalue weighted by atomic mass is 10.2. The SMILES string of the molecule is O=C(Nc1cccc2cccnc12)NC1CCS(=O)(=O)C1. The third-order valence-corrected chi connectivity index (χ3v) is 5.22. The molecule has 2 heterocycles. The van der Waals surface area contributed by atoms with Crippen molar-refractivity contribution in [3.05, 3.63) is 36.5 Å². The molecule has 2 aromatic rings. The summed E-state index contributed by atoms with van der Waals surface area (Å²) in [4.78, 5) is 16.2. The topological polar surface area (TPSA) is 88.2 Å². The molecule has 6 nitrogen and oxygen atoms in total. The molecule has 2 amide bonds. The first-order chi connectivity index (χ1) is 10.0. The molecule has 1 atom stereocenters. The number of carbonyl (C=O) groups is 1. The fraction of sp³-hybridized carbons (Fsp3) is 0.286. The molecule has 0 aliphatic carbocycles. The number of urea groups is 1. The summed E-state index contributed by atoms with van der Waals surface area (Å²) in [6.45, 7) is 0. The van der Waals surface area contributed by atoms with Crippen molar-refractivity contribution in [1.82, 2.24) is 10.3 Å². The quantitative estimate of drug-likeness (QED) is 0.881. The number of hydrogen-bond donors (Lipinski definition) is 2. The lowest BCUT2D eigenvalue weighted by molar-refractivity contribution is 0.249. The van der Waals surface area contributed by atoms with Crippen LogP contribution in [0, 0.1) is 0 Å². The summed E-state index contributed by atoms with van der Waals surface area (Å²) in [5, 5.41) is 6.35.